The number of hydrogen-bond donors (Lipinski definition) is 1. The molecule has 0 unspecified atom stereocenters. The molecule has 0 radical (unpaired) electrons. The maximum atomic E-state index is 11.7. The summed E-state index contributed by atoms with van der Waals surface area (Å²) < 4.78 is 0.516. The molecule has 3 nitrogen and oxygen atoms in total. The minimum atomic E-state index is -0.117. The number of amides is 1. The van der Waals surface area contributed by atoms with Gasteiger partial charge >= 0.3 is 0 Å². The normalized spacial score (nSPS) is 15.7. The number of carbonyl (C=O) groups excluding carboxylic acids is 1. The molecule has 0 saturated carbocycles. The molecule has 1 aliphatic heterocycles. The molecule has 24 heavy (non-hydrogen) atoms. The van der Waals surface area contributed by atoms with Crippen molar-refractivity contribution in [1.82, 2.24) is 5.32 Å². The maximum absolute atomic E-state index is 11.7. The lowest BCUT2D eigenvalue weighted by Gasteiger charge is -2.19. The Morgan fingerprint density at radius 1 is 1.12 bits per heavy atom. The third-order valence-electron chi connectivity index (χ3n) is 3.81. The molecule has 122 valence electrons. The molecule has 1 aliphatic rings. The van der Waals surface area contributed by atoms with Gasteiger partial charge in [-0.3, -0.25) is 4.79 Å². The minimum Gasteiger partial charge on any atom is -0.370 e. The fourth-order valence-corrected chi connectivity index (χ4v) is 3.50. The first-order valence-electron chi connectivity index (χ1n) is 7.63. The van der Waals surface area contributed by atoms with E-state index in [9.17, 15) is 4.79 Å². The van der Waals surface area contributed by atoms with Gasteiger partial charge in [0.25, 0.3) is 5.91 Å². The first-order chi connectivity index (χ1) is 11.5. The summed E-state index contributed by atoms with van der Waals surface area (Å²) in [5, 5.41) is 2.63. The van der Waals surface area contributed by atoms with Crippen molar-refractivity contribution in [2.24, 2.45) is 0 Å². The van der Waals surface area contributed by atoms with E-state index in [0.717, 1.165) is 12.1 Å². The summed E-state index contributed by atoms with van der Waals surface area (Å²) in [5.74, 6) is -0.117. The maximum Gasteiger partial charge on any atom is 0.263 e. The van der Waals surface area contributed by atoms with Crippen molar-refractivity contribution in [1.29, 1.82) is 0 Å². The van der Waals surface area contributed by atoms with E-state index in [1.54, 1.807) is 0 Å². The van der Waals surface area contributed by atoms with Crippen LogP contribution in [0.4, 0.5) is 5.69 Å². The number of carbonyl (C=O) groups is 1. The van der Waals surface area contributed by atoms with Crippen LogP contribution in [0, 0.1) is 6.92 Å². The Labute approximate surface area is 151 Å². The van der Waals surface area contributed by atoms with Gasteiger partial charge < -0.3 is 10.2 Å². The summed E-state index contributed by atoms with van der Waals surface area (Å²) in [7, 11) is 2.08. The third-order valence-corrected chi connectivity index (χ3v) is 4.98. The van der Waals surface area contributed by atoms with Crippen molar-refractivity contribution in [2.45, 2.75) is 13.5 Å². The second-order valence-corrected chi connectivity index (χ2v) is 7.50. The fourth-order valence-electron chi connectivity index (χ4n) is 2.46. The molecule has 1 heterocycles. The number of thioether (sulfide) groups is 1. The number of nitrogens with one attached hydrogen (secondary N) is 1. The van der Waals surface area contributed by atoms with Crippen molar-refractivity contribution in [3.8, 4) is 0 Å². The molecule has 1 saturated heterocycles. The molecule has 5 heteroatoms. The van der Waals surface area contributed by atoms with E-state index in [-0.39, 0.29) is 5.91 Å². The summed E-state index contributed by atoms with van der Waals surface area (Å²) >= 11 is 6.30. The summed E-state index contributed by atoms with van der Waals surface area (Å²) in [6.45, 7) is 2.92. The van der Waals surface area contributed by atoms with Gasteiger partial charge in [0.1, 0.15) is 4.32 Å². The predicted octanol–water partition coefficient (Wildman–Crippen LogP) is 4.12. The molecule has 2 aromatic carbocycles. The highest BCUT2D eigenvalue weighted by atomic mass is 32.2. The first kappa shape index (κ1) is 16.7. The summed E-state index contributed by atoms with van der Waals surface area (Å²) in [6, 6.07) is 16.7. The van der Waals surface area contributed by atoms with Crippen LogP contribution in [-0.2, 0) is 11.3 Å². The van der Waals surface area contributed by atoms with Crippen molar-refractivity contribution in [2.75, 3.05) is 11.9 Å². The molecular formula is C19H18N2OS2. The van der Waals surface area contributed by atoms with Crippen LogP contribution in [0.5, 0.6) is 0 Å². The largest absolute Gasteiger partial charge is 0.370 e. The highest BCUT2D eigenvalue weighted by Crippen LogP contribution is 2.26. The number of aryl methyl sites for hydroxylation is 1. The second kappa shape index (κ2) is 7.20. The fraction of sp³-hybridized carbons (Fsp3) is 0.158. The smallest absolute Gasteiger partial charge is 0.263 e. The van der Waals surface area contributed by atoms with E-state index in [4.69, 9.17) is 12.2 Å². The van der Waals surface area contributed by atoms with Crippen LogP contribution in [0.2, 0.25) is 0 Å². The molecule has 3 rings (SSSR count). The van der Waals surface area contributed by atoms with Crippen LogP contribution in [0.25, 0.3) is 6.08 Å². The first-order valence-corrected chi connectivity index (χ1v) is 8.85. The van der Waals surface area contributed by atoms with E-state index in [2.05, 4.69) is 60.6 Å². The molecule has 0 aromatic heterocycles. The number of anilines is 1. The zero-order valence-corrected chi connectivity index (χ0v) is 15.2. The Bertz CT molecular complexity index is 795. The second-order valence-electron chi connectivity index (χ2n) is 5.79. The van der Waals surface area contributed by atoms with Gasteiger partial charge in [0.15, 0.2) is 0 Å². The van der Waals surface area contributed by atoms with E-state index in [1.165, 1.54) is 28.6 Å². The lowest BCUT2D eigenvalue weighted by atomic mass is 10.1. The standard InChI is InChI=1S/C19H18N2OS2/c1-13-3-9-16(10-4-13)21(2)12-15-7-5-14(6-8-15)11-17-18(22)20-19(23)24-17/h3-11H,12H2,1-2H3,(H,20,22,23)/b17-11-. The van der Waals surface area contributed by atoms with Crippen molar-refractivity contribution in [3.05, 3.63) is 70.1 Å². The SMILES string of the molecule is Cc1ccc(N(C)Cc2ccc(/C=C3\SC(=S)NC3=O)cc2)cc1. The van der Waals surface area contributed by atoms with Crippen LogP contribution in [-0.4, -0.2) is 17.3 Å². The van der Waals surface area contributed by atoms with Gasteiger partial charge in [0.05, 0.1) is 4.91 Å². The Morgan fingerprint density at radius 3 is 2.38 bits per heavy atom. The van der Waals surface area contributed by atoms with Gasteiger partial charge in [-0.1, -0.05) is 65.9 Å². The average molecular weight is 355 g/mol. The van der Waals surface area contributed by atoms with Crippen LogP contribution in [0.1, 0.15) is 16.7 Å². The van der Waals surface area contributed by atoms with Crippen LogP contribution >= 0.6 is 24.0 Å². The van der Waals surface area contributed by atoms with Crippen LogP contribution in [0.15, 0.2) is 53.4 Å². The molecule has 0 bridgehead atoms. The van der Waals surface area contributed by atoms with Crippen molar-refractivity contribution in [3.63, 3.8) is 0 Å². The predicted molar refractivity (Wildman–Crippen MR) is 106 cm³/mol. The Morgan fingerprint density at radius 2 is 1.79 bits per heavy atom. The molecule has 1 N–H and O–H groups in total. The summed E-state index contributed by atoms with van der Waals surface area (Å²) in [4.78, 5) is 14.5. The van der Waals surface area contributed by atoms with Gasteiger partial charge in [-0.2, -0.15) is 0 Å². The van der Waals surface area contributed by atoms with Gasteiger partial charge in [0, 0.05) is 19.3 Å². The lowest BCUT2D eigenvalue weighted by Crippen LogP contribution is -2.17. The third kappa shape index (κ3) is 4.04. The lowest BCUT2D eigenvalue weighted by molar-refractivity contribution is -0.115. The number of nitrogens with zero attached hydrogens (tertiary/aromatic N) is 1. The molecule has 0 atom stereocenters. The number of thiocarbonyl (C=S) groups is 1. The molecule has 2 aromatic rings. The van der Waals surface area contributed by atoms with E-state index in [1.807, 2.05) is 18.2 Å². The van der Waals surface area contributed by atoms with Gasteiger partial charge in [0.2, 0.25) is 0 Å². The Hall–Kier alpha value is -2.11. The topological polar surface area (TPSA) is 32.3 Å². The molecule has 0 spiro atoms. The number of hydrogen-bond acceptors (Lipinski definition) is 4. The van der Waals surface area contributed by atoms with E-state index >= 15 is 0 Å². The van der Waals surface area contributed by atoms with Gasteiger partial charge in [-0.25, -0.2) is 0 Å². The Balaban J connectivity index is 1.68. The van der Waals surface area contributed by atoms with Crippen LogP contribution in [0.3, 0.4) is 0 Å². The van der Waals surface area contributed by atoms with Crippen LogP contribution < -0.4 is 10.2 Å². The van der Waals surface area contributed by atoms with Crippen molar-refractivity contribution >= 4 is 46.0 Å². The highest BCUT2D eigenvalue weighted by molar-refractivity contribution is 8.26. The Kier molecular flexibility index (Phi) is 5.02. The molecule has 1 amide bonds. The quantitative estimate of drug-likeness (QED) is 0.661. The molecule has 1 fully saturated rings. The average Bonchev–Trinajstić information content (AvgIpc) is 2.87. The molecular weight excluding hydrogens is 336 g/mol. The minimum absolute atomic E-state index is 0.117. The van der Waals surface area contributed by atoms with Crippen molar-refractivity contribution < 1.29 is 4.79 Å². The van der Waals surface area contributed by atoms with Gasteiger partial charge in [-0.15, -0.1) is 0 Å². The molecule has 0 aliphatic carbocycles. The zero-order valence-electron chi connectivity index (χ0n) is 13.6. The monoisotopic (exact) mass is 354 g/mol. The summed E-state index contributed by atoms with van der Waals surface area (Å²) in [6.07, 6.45) is 1.87. The number of rotatable bonds is 4. The van der Waals surface area contributed by atoms with E-state index in [0.29, 0.717) is 9.23 Å². The summed E-state index contributed by atoms with van der Waals surface area (Å²) in [5.41, 5.74) is 4.68. The van der Waals surface area contributed by atoms with Gasteiger partial charge in [-0.05, 0) is 36.3 Å². The highest BCUT2D eigenvalue weighted by Gasteiger charge is 2.21. The van der Waals surface area contributed by atoms with E-state index < -0.39 is 0 Å². The zero-order chi connectivity index (χ0) is 17.1. The number of benzene rings is 2.